The molecule has 1 N–H and O–H groups in total. The molecule has 184 valence electrons. The molecule has 2 amide bonds. The molecule has 1 aromatic heterocycles. The Morgan fingerprint density at radius 2 is 1.63 bits per heavy atom. The second kappa shape index (κ2) is 9.79. The van der Waals surface area contributed by atoms with E-state index in [2.05, 4.69) is 0 Å². The summed E-state index contributed by atoms with van der Waals surface area (Å²) >= 11 is 0. The van der Waals surface area contributed by atoms with Crippen molar-refractivity contribution in [3.63, 3.8) is 0 Å². The third-order valence-corrected chi connectivity index (χ3v) is 6.45. The topological polar surface area (TPSA) is 105 Å². The fourth-order valence-corrected chi connectivity index (χ4v) is 4.36. The Balaban J connectivity index is 1.80. The van der Waals surface area contributed by atoms with Crippen molar-refractivity contribution in [2.75, 3.05) is 34.4 Å². The molecule has 3 aromatic rings. The Labute approximate surface area is 203 Å². The van der Waals surface area contributed by atoms with Crippen molar-refractivity contribution in [3.8, 4) is 28.3 Å². The number of benzene rings is 2. The number of aromatic nitrogens is 1. The molecule has 9 heteroatoms. The van der Waals surface area contributed by atoms with Crippen LogP contribution >= 0.6 is 0 Å². The first-order valence-electron chi connectivity index (χ1n) is 11.3. The lowest BCUT2D eigenvalue weighted by molar-refractivity contribution is -0.150. The first-order valence-corrected chi connectivity index (χ1v) is 11.3. The number of nitrogens with zero attached hydrogens (tertiary/aromatic N) is 3. The highest BCUT2D eigenvalue weighted by atomic mass is 16.5. The van der Waals surface area contributed by atoms with Gasteiger partial charge in [0.1, 0.15) is 16.9 Å². The molecule has 1 aliphatic rings. The summed E-state index contributed by atoms with van der Waals surface area (Å²) in [5, 5.41) is 10.1. The molecule has 1 fully saturated rings. The molecule has 0 saturated carbocycles. The molecule has 4 rings (SSSR count). The highest BCUT2D eigenvalue weighted by Gasteiger charge is 2.49. The molecule has 0 aliphatic carbocycles. The number of oxazole rings is 1. The Morgan fingerprint density at radius 1 is 1.03 bits per heavy atom. The third kappa shape index (κ3) is 4.59. The summed E-state index contributed by atoms with van der Waals surface area (Å²) in [7, 11) is 4.21. The lowest BCUT2D eigenvalue weighted by Crippen LogP contribution is -2.51. The van der Waals surface area contributed by atoms with Crippen molar-refractivity contribution in [2.45, 2.75) is 25.2 Å². The number of aryl methyl sites for hydroxylation is 1. The number of hydrogen-bond acceptors (Lipinski definition) is 7. The van der Waals surface area contributed by atoms with Gasteiger partial charge in [0.15, 0.2) is 5.76 Å². The normalized spacial score (nSPS) is 14.9. The quantitative estimate of drug-likeness (QED) is 0.331. The number of urea groups is 1. The van der Waals surface area contributed by atoms with E-state index in [0.717, 1.165) is 16.7 Å². The van der Waals surface area contributed by atoms with E-state index < -0.39 is 17.4 Å². The van der Waals surface area contributed by atoms with E-state index in [1.165, 1.54) is 19.1 Å². The SMILES string of the molecule is COC(=O)C1(c2nc(-c3ccc(OC)cc3)c(-c3ccc(C)cc3)o2)CCN(C(=O)N(C)O)CC1. The fraction of sp³-hybridized carbons (Fsp3) is 0.346. The van der Waals surface area contributed by atoms with E-state index in [4.69, 9.17) is 18.9 Å². The maximum absolute atomic E-state index is 13.1. The number of hydroxylamine groups is 2. The monoisotopic (exact) mass is 479 g/mol. The second-order valence-electron chi connectivity index (χ2n) is 8.66. The second-order valence-corrected chi connectivity index (χ2v) is 8.66. The zero-order chi connectivity index (χ0) is 25.2. The van der Waals surface area contributed by atoms with Crippen LogP contribution in [0.3, 0.4) is 0 Å². The van der Waals surface area contributed by atoms with Crippen LogP contribution in [0.4, 0.5) is 4.79 Å². The van der Waals surface area contributed by atoms with E-state index >= 15 is 0 Å². The highest BCUT2D eigenvalue weighted by molar-refractivity contribution is 5.84. The summed E-state index contributed by atoms with van der Waals surface area (Å²) in [6.45, 7) is 2.48. The minimum absolute atomic E-state index is 0.235. The highest BCUT2D eigenvalue weighted by Crippen LogP contribution is 2.42. The number of esters is 1. The molecule has 2 heterocycles. The largest absolute Gasteiger partial charge is 0.497 e. The first-order chi connectivity index (χ1) is 16.8. The zero-order valence-electron chi connectivity index (χ0n) is 20.3. The average molecular weight is 480 g/mol. The van der Waals surface area contributed by atoms with Gasteiger partial charge in [-0.05, 0) is 44.0 Å². The number of likely N-dealkylation sites (tertiary alicyclic amines) is 1. The van der Waals surface area contributed by atoms with Gasteiger partial charge in [-0.25, -0.2) is 14.8 Å². The molecule has 1 aliphatic heterocycles. The van der Waals surface area contributed by atoms with Crippen molar-refractivity contribution < 1.29 is 28.7 Å². The Kier molecular flexibility index (Phi) is 6.79. The van der Waals surface area contributed by atoms with Crippen molar-refractivity contribution in [3.05, 3.63) is 60.0 Å². The number of ether oxygens (including phenoxy) is 2. The van der Waals surface area contributed by atoms with Crippen molar-refractivity contribution >= 4 is 12.0 Å². The molecule has 0 bridgehead atoms. The molecule has 2 aromatic carbocycles. The number of carbonyl (C=O) groups is 2. The lowest BCUT2D eigenvalue weighted by Gasteiger charge is -2.38. The van der Waals surface area contributed by atoms with E-state index in [-0.39, 0.29) is 31.8 Å². The number of hydrogen-bond donors (Lipinski definition) is 1. The van der Waals surface area contributed by atoms with Gasteiger partial charge in [0, 0.05) is 31.3 Å². The summed E-state index contributed by atoms with van der Waals surface area (Å²) in [5.41, 5.74) is 2.18. The Hall–Kier alpha value is -3.85. The van der Waals surface area contributed by atoms with Crippen LogP contribution in [0.25, 0.3) is 22.6 Å². The lowest BCUT2D eigenvalue weighted by atomic mass is 9.78. The van der Waals surface area contributed by atoms with Crippen LogP contribution in [0.2, 0.25) is 0 Å². The van der Waals surface area contributed by atoms with Gasteiger partial charge < -0.3 is 18.8 Å². The summed E-state index contributed by atoms with van der Waals surface area (Å²) in [6.07, 6.45) is 0.490. The van der Waals surface area contributed by atoms with Crippen molar-refractivity contribution in [1.82, 2.24) is 14.9 Å². The summed E-state index contributed by atoms with van der Waals surface area (Å²) in [4.78, 5) is 31.7. The Bertz CT molecular complexity index is 1190. The van der Waals surface area contributed by atoms with Gasteiger partial charge in [0.2, 0.25) is 5.89 Å². The average Bonchev–Trinajstić information content (AvgIpc) is 3.34. The van der Waals surface area contributed by atoms with E-state index in [9.17, 15) is 14.8 Å². The van der Waals surface area contributed by atoms with Gasteiger partial charge in [-0.15, -0.1) is 0 Å². The minimum Gasteiger partial charge on any atom is -0.497 e. The molecule has 0 unspecified atom stereocenters. The summed E-state index contributed by atoms with van der Waals surface area (Å²) in [6, 6.07) is 14.8. The molecule has 1 saturated heterocycles. The fourth-order valence-electron chi connectivity index (χ4n) is 4.36. The zero-order valence-corrected chi connectivity index (χ0v) is 20.3. The van der Waals surface area contributed by atoms with Crippen LogP contribution < -0.4 is 4.74 Å². The number of piperidine rings is 1. The molecule has 35 heavy (non-hydrogen) atoms. The smallest absolute Gasteiger partial charge is 0.343 e. The number of amides is 2. The van der Waals surface area contributed by atoms with Gasteiger partial charge in [0.25, 0.3) is 0 Å². The Morgan fingerprint density at radius 3 is 2.17 bits per heavy atom. The van der Waals surface area contributed by atoms with Gasteiger partial charge >= 0.3 is 12.0 Å². The van der Waals surface area contributed by atoms with Crippen LogP contribution in [0.5, 0.6) is 5.75 Å². The van der Waals surface area contributed by atoms with Gasteiger partial charge in [-0.3, -0.25) is 10.0 Å². The number of carbonyl (C=O) groups excluding carboxylic acids is 2. The maximum Gasteiger partial charge on any atom is 0.343 e. The summed E-state index contributed by atoms with van der Waals surface area (Å²) in [5.74, 6) is 1.03. The molecule has 0 atom stereocenters. The van der Waals surface area contributed by atoms with Crippen molar-refractivity contribution in [1.29, 1.82) is 0 Å². The molecule has 0 spiro atoms. The van der Waals surface area contributed by atoms with Crippen LogP contribution in [0.1, 0.15) is 24.3 Å². The molecule has 0 radical (unpaired) electrons. The van der Waals surface area contributed by atoms with Crippen LogP contribution in [-0.2, 0) is 14.9 Å². The third-order valence-electron chi connectivity index (χ3n) is 6.45. The van der Waals surface area contributed by atoms with Crippen LogP contribution in [0, 0.1) is 6.92 Å². The number of methoxy groups -OCH3 is 2. The van der Waals surface area contributed by atoms with Gasteiger partial charge in [0.05, 0.1) is 14.2 Å². The molecular formula is C26H29N3O6. The molecule has 9 nitrogen and oxygen atoms in total. The van der Waals surface area contributed by atoms with E-state index in [1.54, 1.807) is 7.11 Å². The predicted octanol–water partition coefficient (Wildman–Crippen LogP) is 4.27. The first kappa shape index (κ1) is 24.3. The van der Waals surface area contributed by atoms with Crippen LogP contribution in [0.15, 0.2) is 52.9 Å². The summed E-state index contributed by atoms with van der Waals surface area (Å²) < 4.78 is 16.8. The maximum atomic E-state index is 13.1. The number of rotatable bonds is 5. The predicted molar refractivity (Wildman–Crippen MR) is 128 cm³/mol. The minimum atomic E-state index is -1.16. The molecular weight excluding hydrogens is 450 g/mol. The van der Waals surface area contributed by atoms with E-state index in [1.807, 2.05) is 55.5 Å². The standard InChI is InChI=1S/C26H29N3O6/c1-17-5-7-19(8-6-17)22-21(18-9-11-20(33-3)12-10-18)27-23(35-22)26(24(30)34-4)13-15-29(16-14-26)25(31)28(2)32/h5-12,32H,13-16H2,1-4H3. The van der Waals surface area contributed by atoms with E-state index in [0.29, 0.717) is 22.3 Å². The van der Waals surface area contributed by atoms with Crippen molar-refractivity contribution in [2.24, 2.45) is 0 Å². The van der Waals surface area contributed by atoms with Crippen LogP contribution in [-0.4, -0.2) is 66.5 Å². The van der Waals surface area contributed by atoms with Gasteiger partial charge in [-0.2, -0.15) is 0 Å². The van der Waals surface area contributed by atoms with Gasteiger partial charge in [-0.1, -0.05) is 29.8 Å².